The van der Waals surface area contributed by atoms with E-state index in [4.69, 9.17) is 14.2 Å². The molecule has 0 N–H and O–H groups in total. The standard InChI is InChI=1S/C16H24BrNO4/c1-11(2)10-18(6-7-20-3)16(19)12-8-13(21-4)15(17)14(9-12)22-5/h8-9,11H,6-7,10H2,1-5H3. The molecule has 0 fully saturated rings. The van der Waals surface area contributed by atoms with Crippen LogP contribution >= 0.6 is 15.9 Å². The number of rotatable bonds is 8. The van der Waals surface area contributed by atoms with Gasteiger partial charge in [-0.15, -0.1) is 0 Å². The van der Waals surface area contributed by atoms with E-state index in [1.165, 1.54) is 0 Å². The maximum absolute atomic E-state index is 12.8. The first kappa shape index (κ1) is 18.8. The molecular weight excluding hydrogens is 350 g/mol. The number of halogens is 1. The van der Waals surface area contributed by atoms with Gasteiger partial charge in [-0.05, 0) is 34.0 Å². The molecule has 0 saturated carbocycles. The normalized spacial score (nSPS) is 10.7. The lowest BCUT2D eigenvalue weighted by molar-refractivity contribution is 0.0671. The maximum Gasteiger partial charge on any atom is 0.254 e. The van der Waals surface area contributed by atoms with Crippen molar-refractivity contribution < 1.29 is 19.0 Å². The minimum Gasteiger partial charge on any atom is -0.495 e. The summed E-state index contributed by atoms with van der Waals surface area (Å²) in [5.41, 5.74) is 0.536. The number of ether oxygens (including phenoxy) is 3. The number of hydrogen-bond acceptors (Lipinski definition) is 4. The third-order valence-electron chi connectivity index (χ3n) is 3.13. The molecule has 0 bridgehead atoms. The Morgan fingerprint density at radius 2 is 1.73 bits per heavy atom. The Bertz CT molecular complexity index is 480. The van der Waals surface area contributed by atoms with Crippen molar-refractivity contribution in [2.24, 2.45) is 5.92 Å². The lowest BCUT2D eigenvalue weighted by Crippen LogP contribution is -2.36. The van der Waals surface area contributed by atoms with Crippen LogP contribution < -0.4 is 9.47 Å². The van der Waals surface area contributed by atoms with Gasteiger partial charge in [0.05, 0.1) is 20.8 Å². The van der Waals surface area contributed by atoms with Gasteiger partial charge in [-0.25, -0.2) is 0 Å². The van der Waals surface area contributed by atoms with E-state index in [2.05, 4.69) is 29.8 Å². The molecule has 0 aliphatic heterocycles. The van der Waals surface area contributed by atoms with Crippen LogP contribution in [0.3, 0.4) is 0 Å². The summed E-state index contributed by atoms with van der Waals surface area (Å²) in [5.74, 6) is 1.45. The molecule has 22 heavy (non-hydrogen) atoms. The Kier molecular flexibility index (Phi) is 7.68. The van der Waals surface area contributed by atoms with Crippen molar-refractivity contribution in [1.29, 1.82) is 0 Å². The third-order valence-corrected chi connectivity index (χ3v) is 3.91. The fraction of sp³-hybridized carbons (Fsp3) is 0.562. The van der Waals surface area contributed by atoms with Crippen molar-refractivity contribution in [2.45, 2.75) is 13.8 Å². The van der Waals surface area contributed by atoms with Gasteiger partial charge < -0.3 is 19.1 Å². The molecule has 0 radical (unpaired) electrons. The highest BCUT2D eigenvalue weighted by molar-refractivity contribution is 9.10. The van der Waals surface area contributed by atoms with Crippen molar-refractivity contribution in [3.8, 4) is 11.5 Å². The molecule has 0 unspecified atom stereocenters. The van der Waals surface area contributed by atoms with E-state index in [1.807, 2.05) is 0 Å². The predicted octanol–water partition coefficient (Wildman–Crippen LogP) is 3.21. The maximum atomic E-state index is 12.8. The topological polar surface area (TPSA) is 48.0 Å². The van der Waals surface area contributed by atoms with Gasteiger partial charge >= 0.3 is 0 Å². The van der Waals surface area contributed by atoms with Gasteiger partial charge in [-0.2, -0.15) is 0 Å². The number of carbonyl (C=O) groups excluding carboxylic acids is 1. The van der Waals surface area contributed by atoms with Gasteiger partial charge in [-0.1, -0.05) is 13.8 Å². The molecule has 0 spiro atoms. The van der Waals surface area contributed by atoms with Crippen LogP contribution in [0.2, 0.25) is 0 Å². The highest BCUT2D eigenvalue weighted by atomic mass is 79.9. The van der Waals surface area contributed by atoms with Crippen molar-refractivity contribution in [3.05, 3.63) is 22.2 Å². The van der Waals surface area contributed by atoms with Crippen LogP contribution in [0, 0.1) is 5.92 Å². The number of hydrogen-bond donors (Lipinski definition) is 0. The van der Waals surface area contributed by atoms with Crippen LogP contribution in [-0.4, -0.2) is 51.8 Å². The molecule has 1 aromatic rings. The molecule has 1 amide bonds. The van der Waals surface area contributed by atoms with Crippen LogP contribution in [0.5, 0.6) is 11.5 Å². The highest BCUT2D eigenvalue weighted by Gasteiger charge is 2.20. The first-order valence-electron chi connectivity index (χ1n) is 7.14. The van der Waals surface area contributed by atoms with Crippen molar-refractivity contribution in [2.75, 3.05) is 41.0 Å². The van der Waals surface area contributed by atoms with Gasteiger partial charge in [0.15, 0.2) is 0 Å². The Morgan fingerprint density at radius 1 is 1.18 bits per heavy atom. The molecule has 0 heterocycles. The summed E-state index contributed by atoms with van der Waals surface area (Å²) in [6, 6.07) is 3.43. The van der Waals surface area contributed by atoms with Crippen molar-refractivity contribution >= 4 is 21.8 Å². The number of benzene rings is 1. The Balaban J connectivity index is 3.11. The molecule has 0 saturated heterocycles. The summed E-state index contributed by atoms with van der Waals surface area (Å²) in [7, 11) is 4.75. The number of nitrogens with zero attached hydrogens (tertiary/aromatic N) is 1. The van der Waals surface area contributed by atoms with Crippen LogP contribution in [0.25, 0.3) is 0 Å². The minimum atomic E-state index is -0.0603. The smallest absolute Gasteiger partial charge is 0.254 e. The zero-order valence-electron chi connectivity index (χ0n) is 13.8. The highest BCUT2D eigenvalue weighted by Crippen LogP contribution is 2.35. The molecule has 5 nitrogen and oxygen atoms in total. The fourth-order valence-electron chi connectivity index (χ4n) is 2.09. The molecule has 1 rings (SSSR count). The Labute approximate surface area is 140 Å². The summed E-state index contributed by atoms with van der Waals surface area (Å²) in [4.78, 5) is 14.6. The number of methoxy groups -OCH3 is 3. The lowest BCUT2D eigenvalue weighted by Gasteiger charge is -2.25. The largest absolute Gasteiger partial charge is 0.495 e. The van der Waals surface area contributed by atoms with E-state index in [9.17, 15) is 4.79 Å². The van der Waals surface area contributed by atoms with Gasteiger partial charge in [0.2, 0.25) is 0 Å². The number of carbonyl (C=O) groups is 1. The molecule has 124 valence electrons. The van der Waals surface area contributed by atoms with E-state index in [0.29, 0.717) is 47.1 Å². The van der Waals surface area contributed by atoms with Crippen LogP contribution in [0.15, 0.2) is 16.6 Å². The molecular formula is C16H24BrNO4. The summed E-state index contributed by atoms with van der Waals surface area (Å²) in [6.07, 6.45) is 0. The third kappa shape index (κ3) is 4.88. The van der Waals surface area contributed by atoms with Crippen LogP contribution in [-0.2, 0) is 4.74 Å². The van der Waals surface area contributed by atoms with Gasteiger partial charge in [0, 0.05) is 25.8 Å². The van der Waals surface area contributed by atoms with E-state index >= 15 is 0 Å². The molecule has 0 atom stereocenters. The first-order chi connectivity index (χ1) is 10.4. The van der Waals surface area contributed by atoms with E-state index in [-0.39, 0.29) is 5.91 Å². The van der Waals surface area contributed by atoms with Gasteiger partial charge in [0.1, 0.15) is 16.0 Å². The van der Waals surface area contributed by atoms with E-state index < -0.39 is 0 Å². The average molecular weight is 374 g/mol. The second-order valence-electron chi connectivity index (χ2n) is 5.33. The van der Waals surface area contributed by atoms with E-state index in [0.717, 1.165) is 0 Å². The summed E-state index contributed by atoms with van der Waals surface area (Å²) in [6.45, 7) is 5.88. The molecule has 6 heteroatoms. The summed E-state index contributed by atoms with van der Waals surface area (Å²) in [5, 5.41) is 0. The van der Waals surface area contributed by atoms with Crippen molar-refractivity contribution in [1.82, 2.24) is 4.90 Å². The second kappa shape index (κ2) is 9.00. The minimum absolute atomic E-state index is 0.0603. The number of amides is 1. The lowest BCUT2D eigenvalue weighted by atomic mass is 10.1. The molecule has 0 aliphatic rings. The zero-order valence-corrected chi connectivity index (χ0v) is 15.4. The van der Waals surface area contributed by atoms with Gasteiger partial charge in [-0.3, -0.25) is 4.79 Å². The van der Waals surface area contributed by atoms with Gasteiger partial charge in [0.25, 0.3) is 5.91 Å². The average Bonchev–Trinajstić information content (AvgIpc) is 2.50. The van der Waals surface area contributed by atoms with Crippen molar-refractivity contribution in [3.63, 3.8) is 0 Å². The predicted molar refractivity (Wildman–Crippen MR) is 89.9 cm³/mol. The SMILES string of the molecule is COCCN(CC(C)C)C(=O)c1cc(OC)c(Br)c(OC)c1. The second-order valence-corrected chi connectivity index (χ2v) is 6.13. The zero-order chi connectivity index (χ0) is 16.7. The van der Waals surface area contributed by atoms with E-state index in [1.54, 1.807) is 38.4 Å². The molecule has 0 aromatic heterocycles. The molecule has 1 aromatic carbocycles. The fourth-order valence-corrected chi connectivity index (χ4v) is 2.65. The Hall–Kier alpha value is -1.27. The quantitative estimate of drug-likeness (QED) is 0.701. The monoisotopic (exact) mass is 373 g/mol. The van der Waals surface area contributed by atoms with Crippen LogP contribution in [0.4, 0.5) is 0 Å². The first-order valence-corrected chi connectivity index (χ1v) is 7.93. The summed E-state index contributed by atoms with van der Waals surface area (Å²) >= 11 is 3.41. The molecule has 0 aliphatic carbocycles. The summed E-state index contributed by atoms with van der Waals surface area (Å²) < 4.78 is 16.4. The Morgan fingerprint density at radius 3 is 2.14 bits per heavy atom. The van der Waals surface area contributed by atoms with Crippen LogP contribution in [0.1, 0.15) is 24.2 Å².